The number of nitrogens with one attached hydrogen (secondary N) is 2. The summed E-state index contributed by atoms with van der Waals surface area (Å²) in [5.41, 5.74) is 0.204. The highest BCUT2D eigenvalue weighted by Crippen LogP contribution is 2.24. The van der Waals surface area contributed by atoms with E-state index < -0.39 is 5.60 Å². The summed E-state index contributed by atoms with van der Waals surface area (Å²) in [5.74, 6) is 0. The van der Waals surface area contributed by atoms with Gasteiger partial charge < -0.3 is 10.4 Å². The molecule has 1 atom stereocenters. The largest absolute Gasteiger partial charge is 0.383 e. The molecule has 0 bridgehead atoms. The molecule has 0 fully saturated rings. The molecule has 0 saturated heterocycles. The minimum Gasteiger partial charge on any atom is -0.383 e. The third-order valence-corrected chi connectivity index (χ3v) is 3.52. The van der Waals surface area contributed by atoms with Crippen LogP contribution < -0.4 is 5.32 Å². The van der Waals surface area contributed by atoms with Crippen LogP contribution >= 0.6 is 11.3 Å². The first-order valence-electron chi connectivity index (χ1n) is 5.14. The lowest BCUT2D eigenvalue weighted by molar-refractivity contribution is 0.0603. The van der Waals surface area contributed by atoms with E-state index in [0.29, 0.717) is 13.1 Å². The lowest BCUT2D eigenvalue weighted by atomic mass is 10.1. The van der Waals surface area contributed by atoms with Crippen molar-refractivity contribution in [1.82, 2.24) is 15.5 Å². The van der Waals surface area contributed by atoms with Crippen molar-refractivity contribution in [2.75, 3.05) is 6.54 Å². The van der Waals surface area contributed by atoms with E-state index in [1.807, 2.05) is 30.5 Å². The van der Waals surface area contributed by atoms with Crippen LogP contribution in [0.3, 0.4) is 0 Å². The normalized spacial score (nSPS) is 14.9. The van der Waals surface area contributed by atoms with Crippen molar-refractivity contribution >= 4 is 11.3 Å². The summed E-state index contributed by atoms with van der Waals surface area (Å²) in [4.78, 5) is 0.976. The molecule has 5 heteroatoms. The molecule has 0 spiro atoms. The molecule has 4 nitrogen and oxygen atoms in total. The fourth-order valence-corrected chi connectivity index (χ4v) is 2.28. The second-order valence-electron chi connectivity index (χ2n) is 3.94. The van der Waals surface area contributed by atoms with E-state index in [1.165, 1.54) is 0 Å². The van der Waals surface area contributed by atoms with Gasteiger partial charge in [-0.15, -0.1) is 11.3 Å². The molecule has 2 heterocycles. The second kappa shape index (κ2) is 4.78. The van der Waals surface area contributed by atoms with Crippen LogP contribution in [0.4, 0.5) is 0 Å². The van der Waals surface area contributed by atoms with Gasteiger partial charge in [0.15, 0.2) is 0 Å². The molecule has 0 aliphatic carbocycles. The minimum absolute atomic E-state index is 0.520. The predicted octanol–water partition coefficient (Wildman–Crippen LogP) is 1.47. The third kappa shape index (κ3) is 2.69. The second-order valence-corrected chi connectivity index (χ2v) is 4.88. The van der Waals surface area contributed by atoms with Gasteiger partial charge in [0.25, 0.3) is 0 Å². The van der Waals surface area contributed by atoms with Crippen molar-refractivity contribution < 1.29 is 5.11 Å². The predicted molar refractivity (Wildman–Crippen MR) is 64.2 cm³/mol. The van der Waals surface area contributed by atoms with Crippen molar-refractivity contribution in [3.05, 3.63) is 40.3 Å². The van der Waals surface area contributed by atoms with Crippen molar-refractivity contribution in [2.24, 2.45) is 0 Å². The van der Waals surface area contributed by atoms with Crippen LogP contribution in [0, 0.1) is 0 Å². The van der Waals surface area contributed by atoms with Crippen LogP contribution in [-0.2, 0) is 12.1 Å². The van der Waals surface area contributed by atoms with Gasteiger partial charge in [0, 0.05) is 29.9 Å². The molecule has 1 unspecified atom stereocenters. The lowest BCUT2D eigenvalue weighted by Gasteiger charge is -2.22. The summed E-state index contributed by atoms with van der Waals surface area (Å²) in [6.45, 7) is 3.02. The molecular weight excluding hydrogens is 222 g/mol. The SMILES string of the molecule is CC(O)(CNCc1ccn[nH]1)c1cccs1. The standard InChI is InChI=1S/C11H15N3OS/c1-11(15,10-3-2-6-16-10)8-12-7-9-4-5-13-14-9/h2-6,12,15H,7-8H2,1H3,(H,13,14). The quantitative estimate of drug-likeness (QED) is 0.738. The minimum atomic E-state index is -0.811. The number of thiophene rings is 1. The van der Waals surface area contributed by atoms with Gasteiger partial charge in [-0.2, -0.15) is 5.10 Å². The van der Waals surface area contributed by atoms with Crippen molar-refractivity contribution in [3.8, 4) is 0 Å². The molecule has 2 rings (SSSR count). The highest BCUT2D eigenvalue weighted by atomic mass is 32.1. The van der Waals surface area contributed by atoms with Crippen molar-refractivity contribution in [1.29, 1.82) is 0 Å². The van der Waals surface area contributed by atoms with E-state index in [-0.39, 0.29) is 0 Å². The zero-order valence-corrected chi connectivity index (χ0v) is 9.92. The van der Waals surface area contributed by atoms with E-state index in [2.05, 4.69) is 15.5 Å². The Morgan fingerprint density at radius 1 is 1.56 bits per heavy atom. The number of nitrogens with zero attached hydrogens (tertiary/aromatic N) is 1. The van der Waals surface area contributed by atoms with E-state index in [9.17, 15) is 5.11 Å². The van der Waals surface area contributed by atoms with Crippen LogP contribution in [0.2, 0.25) is 0 Å². The maximum absolute atomic E-state index is 10.2. The molecule has 0 radical (unpaired) electrons. The smallest absolute Gasteiger partial charge is 0.108 e. The Morgan fingerprint density at radius 3 is 3.06 bits per heavy atom. The Morgan fingerprint density at radius 2 is 2.44 bits per heavy atom. The molecule has 3 N–H and O–H groups in total. The van der Waals surface area contributed by atoms with Crippen LogP contribution in [0.15, 0.2) is 29.8 Å². The van der Waals surface area contributed by atoms with E-state index in [1.54, 1.807) is 17.5 Å². The molecule has 0 aliphatic heterocycles. The number of aromatic amines is 1. The van der Waals surface area contributed by atoms with E-state index in [0.717, 1.165) is 10.6 Å². The average Bonchev–Trinajstić information content (AvgIpc) is 2.90. The maximum Gasteiger partial charge on any atom is 0.108 e. The summed E-state index contributed by atoms with van der Waals surface area (Å²) in [7, 11) is 0. The summed E-state index contributed by atoms with van der Waals surface area (Å²) >= 11 is 1.57. The molecule has 2 aromatic rings. The number of hydrogen-bond donors (Lipinski definition) is 3. The Kier molecular flexibility index (Phi) is 3.38. The van der Waals surface area contributed by atoms with Gasteiger partial charge in [-0.25, -0.2) is 0 Å². The third-order valence-electron chi connectivity index (χ3n) is 2.40. The Bertz CT molecular complexity index is 408. The average molecular weight is 237 g/mol. The Balaban J connectivity index is 1.85. The topological polar surface area (TPSA) is 60.9 Å². The lowest BCUT2D eigenvalue weighted by Crippen LogP contribution is -2.34. The van der Waals surface area contributed by atoms with E-state index in [4.69, 9.17) is 0 Å². The van der Waals surface area contributed by atoms with Gasteiger partial charge in [-0.3, -0.25) is 5.10 Å². The fraction of sp³-hybridized carbons (Fsp3) is 0.364. The molecule has 86 valence electrons. The van der Waals surface area contributed by atoms with Gasteiger partial charge in [0.05, 0.1) is 0 Å². The van der Waals surface area contributed by atoms with Crippen LogP contribution in [0.1, 0.15) is 17.5 Å². The zero-order chi connectivity index (χ0) is 11.4. The highest BCUT2D eigenvalue weighted by Gasteiger charge is 2.23. The number of rotatable bonds is 5. The first-order valence-corrected chi connectivity index (χ1v) is 6.02. The highest BCUT2D eigenvalue weighted by molar-refractivity contribution is 7.10. The maximum atomic E-state index is 10.2. The molecule has 16 heavy (non-hydrogen) atoms. The number of H-pyrrole nitrogens is 1. The first kappa shape index (κ1) is 11.3. The van der Waals surface area contributed by atoms with Crippen LogP contribution in [-0.4, -0.2) is 21.8 Å². The summed E-state index contributed by atoms with van der Waals surface area (Å²) < 4.78 is 0. The summed E-state index contributed by atoms with van der Waals surface area (Å²) in [6.07, 6.45) is 1.72. The summed E-state index contributed by atoms with van der Waals surface area (Å²) in [5, 5.41) is 22.1. The molecular formula is C11H15N3OS. The number of aliphatic hydroxyl groups is 1. The fourth-order valence-electron chi connectivity index (χ4n) is 1.50. The van der Waals surface area contributed by atoms with Gasteiger partial charge in [0.2, 0.25) is 0 Å². The van der Waals surface area contributed by atoms with Gasteiger partial charge in [-0.1, -0.05) is 6.07 Å². The van der Waals surface area contributed by atoms with Gasteiger partial charge in [0.1, 0.15) is 5.60 Å². The molecule has 0 aromatic carbocycles. The van der Waals surface area contributed by atoms with Crippen LogP contribution in [0.25, 0.3) is 0 Å². The van der Waals surface area contributed by atoms with Crippen molar-refractivity contribution in [3.63, 3.8) is 0 Å². The molecule has 2 aromatic heterocycles. The van der Waals surface area contributed by atoms with Crippen molar-refractivity contribution in [2.45, 2.75) is 19.1 Å². The molecule has 0 saturated carbocycles. The summed E-state index contributed by atoms with van der Waals surface area (Å²) in [6, 6.07) is 5.80. The number of aromatic nitrogens is 2. The van der Waals surface area contributed by atoms with Gasteiger partial charge >= 0.3 is 0 Å². The van der Waals surface area contributed by atoms with Crippen LogP contribution in [0.5, 0.6) is 0 Å². The zero-order valence-electron chi connectivity index (χ0n) is 9.10. The first-order chi connectivity index (χ1) is 7.68. The van der Waals surface area contributed by atoms with E-state index >= 15 is 0 Å². The Labute approximate surface area is 98.3 Å². The monoisotopic (exact) mass is 237 g/mol. The number of hydrogen-bond acceptors (Lipinski definition) is 4. The Hall–Kier alpha value is -1.17. The van der Waals surface area contributed by atoms with Gasteiger partial charge in [-0.05, 0) is 24.4 Å². The molecule has 0 aliphatic rings. The molecule has 0 amide bonds.